The van der Waals surface area contributed by atoms with Gasteiger partial charge in [-0.15, -0.1) is 0 Å². The number of aryl methyl sites for hydroxylation is 2. The summed E-state index contributed by atoms with van der Waals surface area (Å²) in [5, 5.41) is 3.02. The van der Waals surface area contributed by atoms with Crippen LogP contribution in [-0.2, 0) is 16.0 Å². The Labute approximate surface area is 177 Å². The molecule has 4 rings (SSSR count). The molecule has 7 nitrogen and oxygen atoms in total. The summed E-state index contributed by atoms with van der Waals surface area (Å²) in [6.07, 6.45) is 1.13. The number of ether oxygens (including phenoxy) is 1. The lowest BCUT2D eigenvalue weighted by molar-refractivity contribution is -0.119. The van der Waals surface area contributed by atoms with Gasteiger partial charge in [0, 0.05) is 56.8 Å². The van der Waals surface area contributed by atoms with Crippen molar-refractivity contribution in [1.82, 2.24) is 4.90 Å². The number of nitrogens with one attached hydrogen (secondary N) is 1. The first-order valence-corrected chi connectivity index (χ1v) is 10.3. The van der Waals surface area contributed by atoms with Gasteiger partial charge in [-0.25, -0.2) is 4.79 Å². The van der Waals surface area contributed by atoms with Crippen molar-refractivity contribution in [3.63, 3.8) is 0 Å². The number of nitrogens with zero attached hydrogens (tertiary/aromatic N) is 3. The number of methoxy groups -OCH3 is 1. The van der Waals surface area contributed by atoms with Gasteiger partial charge in [0.05, 0.1) is 0 Å². The fourth-order valence-corrected chi connectivity index (χ4v) is 4.10. The summed E-state index contributed by atoms with van der Waals surface area (Å²) in [6.45, 7) is 5.32. The largest absolute Gasteiger partial charge is 0.368 e. The lowest BCUT2D eigenvalue weighted by Gasteiger charge is -2.36. The number of hydrogen-bond donors (Lipinski definition) is 1. The maximum atomic E-state index is 12.8. The lowest BCUT2D eigenvalue weighted by atomic mass is 10.0. The van der Waals surface area contributed by atoms with Crippen LogP contribution in [0.15, 0.2) is 42.5 Å². The summed E-state index contributed by atoms with van der Waals surface area (Å²) in [5.74, 6) is 0.0626. The Balaban J connectivity index is 1.37. The van der Waals surface area contributed by atoms with E-state index in [1.54, 1.807) is 12.0 Å². The maximum absolute atomic E-state index is 12.8. The summed E-state index contributed by atoms with van der Waals surface area (Å²) in [5.41, 5.74) is 5.11. The van der Waals surface area contributed by atoms with Crippen molar-refractivity contribution in [1.29, 1.82) is 0 Å². The number of carbonyl (C=O) groups is 2. The van der Waals surface area contributed by atoms with Gasteiger partial charge in [0.2, 0.25) is 5.91 Å². The van der Waals surface area contributed by atoms with E-state index < -0.39 is 0 Å². The lowest BCUT2D eigenvalue weighted by Crippen LogP contribution is -2.50. The molecule has 2 aliphatic rings. The van der Waals surface area contributed by atoms with E-state index in [9.17, 15) is 9.59 Å². The molecule has 7 heteroatoms. The van der Waals surface area contributed by atoms with Crippen molar-refractivity contribution < 1.29 is 14.3 Å². The number of amides is 3. The third-order valence-corrected chi connectivity index (χ3v) is 5.72. The van der Waals surface area contributed by atoms with Gasteiger partial charge in [-0.1, -0.05) is 12.1 Å². The minimum Gasteiger partial charge on any atom is -0.368 e. The van der Waals surface area contributed by atoms with Gasteiger partial charge in [-0.2, -0.15) is 0 Å². The highest BCUT2D eigenvalue weighted by atomic mass is 16.5. The molecule has 3 amide bonds. The Morgan fingerprint density at radius 1 is 1.07 bits per heavy atom. The zero-order valence-electron chi connectivity index (χ0n) is 17.6. The standard InChI is InChI=1S/C23H28N4O3/c1-17-4-3-5-20(14-17)25-10-12-26(13-11-25)23(29)24-19-7-8-21-18(15-19)6-9-22(28)27(21)16-30-2/h3-5,7-8,14-15H,6,9-13,16H2,1-2H3,(H,24,29). The van der Waals surface area contributed by atoms with E-state index in [0.29, 0.717) is 25.9 Å². The summed E-state index contributed by atoms with van der Waals surface area (Å²) in [6, 6.07) is 14.1. The minimum absolute atomic E-state index is 0.0626. The molecule has 0 saturated carbocycles. The molecular formula is C23H28N4O3. The van der Waals surface area contributed by atoms with Crippen LogP contribution in [-0.4, -0.2) is 56.9 Å². The van der Waals surface area contributed by atoms with Crippen LogP contribution >= 0.6 is 0 Å². The van der Waals surface area contributed by atoms with Crippen LogP contribution in [0, 0.1) is 6.92 Å². The SMILES string of the molecule is COCN1C(=O)CCc2cc(NC(=O)N3CCN(c4cccc(C)c4)CC3)ccc21. The van der Waals surface area contributed by atoms with Crippen molar-refractivity contribution in [2.24, 2.45) is 0 Å². The van der Waals surface area contributed by atoms with Crippen molar-refractivity contribution in [2.45, 2.75) is 19.8 Å². The second-order valence-corrected chi connectivity index (χ2v) is 7.83. The predicted octanol–water partition coefficient (Wildman–Crippen LogP) is 3.23. The molecule has 1 fully saturated rings. The van der Waals surface area contributed by atoms with Crippen LogP contribution in [0.4, 0.5) is 21.9 Å². The van der Waals surface area contributed by atoms with E-state index in [-0.39, 0.29) is 18.7 Å². The quantitative estimate of drug-likeness (QED) is 0.844. The second kappa shape index (κ2) is 8.75. The third-order valence-electron chi connectivity index (χ3n) is 5.72. The number of urea groups is 1. The Bertz CT molecular complexity index is 938. The third kappa shape index (κ3) is 4.26. The zero-order valence-corrected chi connectivity index (χ0v) is 17.6. The van der Waals surface area contributed by atoms with Gasteiger partial charge in [-0.05, 0) is 54.8 Å². The van der Waals surface area contributed by atoms with Gasteiger partial charge in [0.25, 0.3) is 0 Å². The molecular weight excluding hydrogens is 380 g/mol. The minimum atomic E-state index is -0.0838. The van der Waals surface area contributed by atoms with Crippen molar-refractivity contribution in [3.05, 3.63) is 53.6 Å². The van der Waals surface area contributed by atoms with Gasteiger partial charge in [0.1, 0.15) is 6.73 Å². The first kappa shape index (κ1) is 20.2. The Morgan fingerprint density at radius 3 is 2.60 bits per heavy atom. The molecule has 0 spiro atoms. The maximum Gasteiger partial charge on any atom is 0.321 e. The number of carbonyl (C=O) groups excluding carboxylic acids is 2. The normalized spacial score (nSPS) is 16.5. The van der Waals surface area contributed by atoms with Crippen LogP contribution in [0.2, 0.25) is 0 Å². The molecule has 30 heavy (non-hydrogen) atoms. The molecule has 0 bridgehead atoms. The van der Waals surface area contributed by atoms with E-state index in [1.165, 1.54) is 11.3 Å². The van der Waals surface area contributed by atoms with Gasteiger partial charge in [-0.3, -0.25) is 9.69 Å². The molecule has 0 aromatic heterocycles. The van der Waals surface area contributed by atoms with Gasteiger partial charge in [0.15, 0.2) is 0 Å². The monoisotopic (exact) mass is 408 g/mol. The van der Waals surface area contributed by atoms with E-state index >= 15 is 0 Å². The highest BCUT2D eigenvalue weighted by molar-refractivity contribution is 5.97. The molecule has 0 unspecified atom stereocenters. The Kier molecular flexibility index (Phi) is 5.90. The average molecular weight is 409 g/mol. The summed E-state index contributed by atoms with van der Waals surface area (Å²) >= 11 is 0. The van der Waals surface area contributed by atoms with Crippen molar-refractivity contribution in [3.8, 4) is 0 Å². The molecule has 2 aromatic carbocycles. The number of fused-ring (bicyclic) bond motifs is 1. The van der Waals surface area contributed by atoms with Gasteiger partial charge < -0.3 is 19.9 Å². The topological polar surface area (TPSA) is 65.1 Å². The van der Waals surface area contributed by atoms with Crippen LogP contribution in [0.1, 0.15) is 17.5 Å². The summed E-state index contributed by atoms with van der Waals surface area (Å²) in [4.78, 5) is 30.7. The molecule has 1 saturated heterocycles. The Morgan fingerprint density at radius 2 is 1.87 bits per heavy atom. The summed E-state index contributed by atoms with van der Waals surface area (Å²) in [7, 11) is 1.58. The number of benzene rings is 2. The van der Waals surface area contributed by atoms with Crippen LogP contribution < -0.4 is 15.1 Å². The van der Waals surface area contributed by atoms with E-state index in [1.807, 2.05) is 23.1 Å². The van der Waals surface area contributed by atoms with Gasteiger partial charge >= 0.3 is 6.03 Å². The van der Waals surface area contributed by atoms with Crippen LogP contribution in [0.5, 0.6) is 0 Å². The van der Waals surface area contributed by atoms with Crippen molar-refractivity contribution >= 4 is 29.0 Å². The Hall–Kier alpha value is -3.06. The molecule has 158 valence electrons. The van der Waals surface area contributed by atoms with E-state index in [4.69, 9.17) is 4.74 Å². The number of rotatable bonds is 4. The molecule has 2 heterocycles. The average Bonchev–Trinajstić information content (AvgIpc) is 2.76. The fourth-order valence-electron chi connectivity index (χ4n) is 4.10. The summed E-state index contributed by atoms with van der Waals surface area (Å²) < 4.78 is 5.15. The second-order valence-electron chi connectivity index (χ2n) is 7.83. The number of piperazine rings is 1. The molecule has 0 radical (unpaired) electrons. The fraction of sp³-hybridized carbons (Fsp3) is 0.391. The van der Waals surface area contributed by atoms with Crippen molar-refractivity contribution in [2.75, 3.05) is 55.1 Å². The number of hydrogen-bond acceptors (Lipinski definition) is 4. The predicted molar refractivity (Wildman–Crippen MR) is 118 cm³/mol. The number of anilines is 3. The highest BCUT2D eigenvalue weighted by Gasteiger charge is 2.25. The molecule has 2 aliphatic heterocycles. The van der Waals surface area contributed by atoms with Crippen LogP contribution in [0.25, 0.3) is 0 Å². The first-order valence-electron chi connectivity index (χ1n) is 10.3. The molecule has 1 N–H and O–H groups in total. The first-order chi connectivity index (χ1) is 14.5. The highest BCUT2D eigenvalue weighted by Crippen LogP contribution is 2.30. The van der Waals surface area contributed by atoms with Crippen LogP contribution in [0.3, 0.4) is 0 Å². The van der Waals surface area contributed by atoms with E-state index in [2.05, 4.69) is 41.4 Å². The zero-order chi connectivity index (χ0) is 21.1. The van der Waals surface area contributed by atoms with E-state index in [0.717, 1.165) is 30.0 Å². The molecule has 0 atom stereocenters. The molecule has 0 aliphatic carbocycles. The smallest absolute Gasteiger partial charge is 0.321 e. The molecule has 2 aromatic rings.